The van der Waals surface area contributed by atoms with E-state index in [0.29, 0.717) is 34.1 Å². The molecule has 3 rings (SSSR count). The molecule has 0 saturated heterocycles. The molecule has 1 fully saturated rings. The van der Waals surface area contributed by atoms with Crippen molar-refractivity contribution in [1.29, 1.82) is 0 Å². The lowest BCUT2D eigenvalue weighted by Gasteiger charge is -2.28. The maximum atomic E-state index is 13.3. The van der Waals surface area contributed by atoms with E-state index in [1.165, 1.54) is 6.07 Å². The number of carbonyl (C=O) groups is 1. The topological polar surface area (TPSA) is 91.8 Å². The van der Waals surface area contributed by atoms with Crippen molar-refractivity contribution in [3.63, 3.8) is 0 Å². The van der Waals surface area contributed by atoms with Gasteiger partial charge in [-0.1, -0.05) is 6.07 Å². The monoisotopic (exact) mass is 548 g/mol. The van der Waals surface area contributed by atoms with Gasteiger partial charge in [0.2, 0.25) is 17.8 Å². The Morgan fingerprint density at radius 2 is 1.81 bits per heavy atom. The van der Waals surface area contributed by atoms with Crippen molar-refractivity contribution in [3.8, 4) is 0 Å². The highest BCUT2D eigenvalue weighted by molar-refractivity contribution is 14.1. The second-order valence-corrected chi connectivity index (χ2v) is 8.74. The first-order valence-electron chi connectivity index (χ1n) is 9.96. The van der Waals surface area contributed by atoms with Gasteiger partial charge in [0.05, 0.1) is 5.56 Å². The third kappa shape index (κ3) is 6.40. The van der Waals surface area contributed by atoms with Crippen LogP contribution in [-0.4, -0.2) is 33.9 Å². The van der Waals surface area contributed by atoms with E-state index in [-0.39, 0.29) is 30.0 Å². The van der Waals surface area contributed by atoms with E-state index >= 15 is 0 Å². The van der Waals surface area contributed by atoms with Crippen molar-refractivity contribution in [2.75, 3.05) is 17.7 Å². The quantitative estimate of drug-likeness (QED) is 0.471. The highest BCUT2D eigenvalue weighted by atomic mass is 127. The maximum Gasteiger partial charge on any atom is 0.416 e. The Kier molecular flexibility index (Phi) is 7.55. The molecule has 0 atom stereocenters. The molecule has 0 bridgehead atoms. The Bertz CT molecular complexity index is 932. The average Bonchev–Trinajstić information content (AvgIpc) is 2.72. The van der Waals surface area contributed by atoms with E-state index in [1.54, 1.807) is 20.0 Å². The zero-order chi connectivity index (χ0) is 22.6. The standard InChI is InChI=1S/C20H24F3IN6O/c1-11-27-18(25-2)30-19(28-11)29-15-7-4-12(5-8-15)17(31)26-10-13-3-6-14(24)9-16(13)20(21,22)23/h3,6,9,12,15H,4-5,7-8,10H2,1-2H3,(H,26,31)(H2,25,27,28,29,30). The van der Waals surface area contributed by atoms with Crippen LogP contribution in [0.5, 0.6) is 0 Å². The van der Waals surface area contributed by atoms with E-state index in [9.17, 15) is 18.0 Å². The summed E-state index contributed by atoms with van der Waals surface area (Å²) in [5.74, 6) is 1.14. The number of alkyl halides is 3. The highest BCUT2D eigenvalue weighted by Crippen LogP contribution is 2.33. The fourth-order valence-corrected chi connectivity index (χ4v) is 4.13. The number of rotatable bonds is 6. The summed E-state index contributed by atoms with van der Waals surface area (Å²) >= 11 is 1.85. The SMILES string of the molecule is CNc1nc(C)nc(NC2CCC(C(=O)NCc3ccc(I)cc3C(F)(F)F)CC2)n1. The first-order valence-corrected chi connectivity index (χ1v) is 11.0. The summed E-state index contributed by atoms with van der Waals surface area (Å²) in [6, 6.07) is 4.25. The van der Waals surface area contributed by atoms with Gasteiger partial charge < -0.3 is 16.0 Å². The van der Waals surface area contributed by atoms with Gasteiger partial charge in [-0.25, -0.2) is 0 Å². The molecule has 1 aliphatic carbocycles. The predicted octanol–water partition coefficient (Wildman–Crippen LogP) is 4.13. The molecule has 0 spiro atoms. The van der Waals surface area contributed by atoms with Crippen LogP contribution in [0.2, 0.25) is 0 Å². The molecular formula is C20H24F3IN6O. The fraction of sp³-hybridized carbons (Fsp3) is 0.500. The summed E-state index contributed by atoms with van der Waals surface area (Å²) in [6.07, 6.45) is -1.67. The minimum absolute atomic E-state index is 0.0714. The predicted molar refractivity (Wildman–Crippen MR) is 119 cm³/mol. The van der Waals surface area contributed by atoms with Crippen molar-refractivity contribution in [2.45, 2.75) is 51.4 Å². The number of carbonyl (C=O) groups excluding carboxylic acids is 1. The van der Waals surface area contributed by atoms with Gasteiger partial charge in [-0.15, -0.1) is 0 Å². The molecule has 3 N–H and O–H groups in total. The molecule has 1 amide bonds. The van der Waals surface area contributed by atoms with Crippen LogP contribution in [0.3, 0.4) is 0 Å². The van der Waals surface area contributed by atoms with Gasteiger partial charge in [0, 0.05) is 29.1 Å². The van der Waals surface area contributed by atoms with E-state index in [0.717, 1.165) is 18.9 Å². The summed E-state index contributed by atoms with van der Waals surface area (Å²) in [6.45, 7) is 1.65. The molecule has 1 aliphatic rings. The van der Waals surface area contributed by atoms with Gasteiger partial charge in [0.1, 0.15) is 5.82 Å². The van der Waals surface area contributed by atoms with Gasteiger partial charge >= 0.3 is 6.18 Å². The summed E-state index contributed by atoms with van der Waals surface area (Å²) in [5.41, 5.74) is -0.636. The molecule has 31 heavy (non-hydrogen) atoms. The smallest absolute Gasteiger partial charge is 0.357 e. The van der Waals surface area contributed by atoms with Crippen LogP contribution in [0.1, 0.15) is 42.6 Å². The van der Waals surface area contributed by atoms with E-state index < -0.39 is 11.7 Å². The number of halogens is 4. The first-order chi connectivity index (χ1) is 14.7. The summed E-state index contributed by atoms with van der Waals surface area (Å²) < 4.78 is 40.3. The number of aryl methyl sites for hydroxylation is 1. The van der Waals surface area contributed by atoms with Gasteiger partial charge in [-0.05, 0) is 72.9 Å². The lowest BCUT2D eigenvalue weighted by Crippen LogP contribution is -2.36. The Balaban J connectivity index is 1.53. The molecule has 2 aromatic rings. The van der Waals surface area contributed by atoms with Crippen LogP contribution >= 0.6 is 22.6 Å². The lowest BCUT2D eigenvalue weighted by molar-refractivity contribution is -0.138. The molecule has 11 heteroatoms. The number of hydrogen-bond acceptors (Lipinski definition) is 6. The first kappa shape index (κ1) is 23.5. The fourth-order valence-electron chi connectivity index (χ4n) is 3.63. The molecule has 1 aromatic heterocycles. The number of aromatic nitrogens is 3. The van der Waals surface area contributed by atoms with Crippen LogP contribution < -0.4 is 16.0 Å². The highest BCUT2D eigenvalue weighted by Gasteiger charge is 2.34. The van der Waals surface area contributed by atoms with E-state index in [2.05, 4.69) is 30.9 Å². The number of anilines is 2. The Morgan fingerprint density at radius 1 is 1.13 bits per heavy atom. The Hall–Kier alpha value is -2.18. The van der Waals surface area contributed by atoms with E-state index in [4.69, 9.17) is 0 Å². The molecule has 7 nitrogen and oxygen atoms in total. The second-order valence-electron chi connectivity index (χ2n) is 7.49. The van der Waals surface area contributed by atoms with Gasteiger partial charge in [0.25, 0.3) is 0 Å². The molecule has 168 valence electrons. The van der Waals surface area contributed by atoms with Crippen molar-refractivity contribution in [3.05, 3.63) is 38.7 Å². The molecule has 0 aliphatic heterocycles. The zero-order valence-corrected chi connectivity index (χ0v) is 19.3. The summed E-state index contributed by atoms with van der Waals surface area (Å²) in [7, 11) is 1.73. The zero-order valence-electron chi connectivity index (χ0n) is 17.2. The Labute approximate surface area is 192 Å². The molecular weight excluding hydrogens is 524 g/mol. The van der Waals surface area contributed by atoms with Crippen LogP contribution in [0.15, 0.2) is 18.2 Å². The third-order valence-electron chi connectivity index (χ3n) is 5.23. The van der Waals surface area contributed by atoms with Gasteiger partial charge in [-0.2, -0.15) is 28.1 Å². The minimum atomic E-state index is -4.45. The van der Waals surface area contributed by atoms with Crippen LogP contribution in [0.25, 0.3) is 0 Å². The van der Waals surface area contributed by atoms with Crippen molar-refractivity contribution in [1.82, 2.24) is 20.3 Å². The van der Waals surface area contributed by atoms with Crippen LogP contribution in [-0.2, 0) is 17.5 Å². The van der Waals surface area contributed by atoms with E-state index in [1.807, 2.05) is 22.6 Å². The van der Waals surface area contributed by atoms with Crippen molar-refractivity contribution in [2.24, 2.45) is 5.92 Å². The number of hydrogen-bond donors (Lipinski definition) is 3. The third-order valence-corrected chi connectivity index (χ3v) is 5.90. The molecule has 1 saturated carbocycles. The molecule has 0 unspecified atom stereocenters. The van der Waals surface area contributed by atoms with Crippen molar-refractivity contribution >= 4 is 40.4 Å². The van der Waals surface area contributed by atoms with Gasteiger partial charge in [-0.3, -0.25) is 4.79 Å². The number of amides is 1. The van der Waals surface area contributed by atoms with Gasteiger partial charge in [0.15, 0.2) is 0 Å². The maximum absolute atomic E-state index is 13.3. The number of nitrogens with one attached hydrogen (secondary N) is 3. The van der Waals surface area contributed by atoms with Crippen LogP contribution in [0, 0.1) is 16.4 Å². The second kappa shape index (κ2) is 9.96. The largest absolute Gasteiger partial charge is 0.416 e. The molecule has 1 aromatic carbocycles. The Morgan fingerprint density at radius 3 is 2.45 bits per heavy atom. The number of benzene rings is 1. The normalized spacial score (nSPS) is 19.0. The summed E-state index contributed by atoms with van der Waals surface area (Å²) in [5, 5.41) is 8.85. The average molecular weight is 548 g/mol. The lowest BCUT2D eigenvalue weighted by atomic mass is 9.85. The number of nitrogens with zero attached hydrogens (tertiary/aromatic N) is 3. The minimum Gasteiger partial charge on any atom is -0.357 e. The van der Waals surface area contributed by atoms with Crippen LogP contribution in [0.4, 0.5) is 25.1 Å². The molecule has 0 radical (unpaired) electrons. The summed E-state index contributed by atoms with van der Waals surface area (Å²) in [4.78, 5) is 25.3. The van der Waals surface area contributed by atoms with Crippen molar-refractivity contribution < 1.29 is 18.0 Å². The molecule has 1 heterocycles.